The number of para-hydroxylation sites is 1. The third-order valence-corrected chi connectivity index (χ3v) is 6.15. The van der Waals surface area contributed by atoms with Gasteiger partial charge in [-0.25, -0.2) is 8.42 Å². The van der Waals surface area contributed by atoms with Crippen LogP contribution in [0, 0.1) is 0 Å². The maximum absolute atomic E-state index is 12.2. The highest BCUT2D eigenvalue weighted by atomic mass is 32.2. The molecule has 1 aliphatic carbocycles. The Bertz CT molecular complexity index is 854. The number of hydrogen-bond acceptors (Lipinski definition) is 6. The number of anilines is 2. The maximum Gasteiger partial charge on any atom is 0.276 e. The van der Waals surface area contributed by atoms with Gasteiger partial charge in [0.25, 0.3) is 5.91 Å². The van der Waals surface area contributed by atoms with Crippen LogP contribution < -0.4 is 10.6 Å². The van der Waals surface area contributed by atoms with Crippen LogP contribution in [0.4, 0.5) is 11.5 Å². The van der Waals surface area contributed by atoms with Crippen molar-refractivity contribution < 1.29 is 13.2 Å². The molecule has 0 aliphatic heterocycles. The van der Waals surface area contributed by atoms with E-state index in [1.165, 1.54) is 6.26 Å². The molecule has 138 valence electrons. The van der Waals surface area contributed by atoms with Crippen LogP contribution in [0.25, 0.3) is 0 Å². The molecule has 26 heavy (non-hydrogen) atoms. The van der Waals surface area contributed by atoms with Crippen molar-refractivity contribution in [2.45, 2.75) is 37.0 Å². The van der Waals surface area contributed by atoms with Crippen molar-refractivity contribution in [3.63, 3.8) is 0 Å². The van der Waals surface area contributed by atoms with E-state index in [0.717, 1.165) is 12.8 Å². The summed E-state index contributed by atoms with van der Waals surface area (Å²) in [5, 5.41) is 13.7. The molecule has 2 aromatic rings. The molecular weight excluding hydrogens is 352 g/mol. The van der Waals surface area contributed by atoms with E-state index in [0.29, 0.717) is 24.3 Å². The minimum atomic E-state index is -3.03. The fourth-order valence-electron chi connectivity index (χ4n) is 3.12. The molecular formula is C18H22N4O3S. The Morgan fingerprint density at radius 2 is 1.85 bits per heavy atom. The average molecular weight is 374 g/mol. The van der Waals surface area contributed by atoms with Crippen molar-refractivity contribution in [2.24, 2.45) is 0 Å². The molecule has 1 saturated carbocycles. The number of hydrogen-bond donors (Lipinski definition) is 2. The molecule has 1 aliphatic rings. The molecule has 0 spiro atoms. The summed E-state index contributed by atoms with van der Waals surface area (Å²) in [6, 6.07) is 12.5. The van der Waals surface area contributed by atoms with Crippen molar-refractivity contribution >= 4 is 27.2 Å². The van der Waals surface area contributed by atoms with E-state index in [1.807, 2.05) is 18.2 Å². The molecule has 1 heterocycles. The fourth-order valence-corrected chi connectivity index (χ4v) is 4.30. The Morgan fingerprint density at radius 1 is 1.08 bits per heavy atom. The quantitative estimate of drug-likeness (QED) is 0.834. The van der Waals surface area contributed by atoms with Crippen LogP contribution in [0.2, 0.25) is 0 Å². The van der Waals surface area contributed by atoms with Gasteiger partial charge in [0.15, 0.2) is 5.69 Å². The van der Waals surface area contributed by atoms with Crippen molar-refractivity contribution in [2.75, 3.05) is 16.9 Å². The smallest absolute Gasteiger partial charge is 0.276 e. The summed E-state index contributed by atoms with van der Waals surface area (Å²) >= 11 is 0. The van der Waals surface area contributed by atoms with Gasteiger partial charge >= 0.3 is 0 Å². The van der Waals surface area contributed by atoms with Crippen LogP contribution in [0.3, 0.4) is 0 Å². The van der Waals surface area contributed by atoms with Gasteiger partial charge in [0.05, 0.1) is 5.25 Å². The first-order valence-corrected chi connectivity index (χ1v) is 10.5. The van der Waals surface area contributed by atoms with Gasteiger partial charge in [0.1, 0.15) is 15.7 Å². The third kappa shape index (κ3) is 4.78. The Labute approximate surface area is 153 Å². The van der Waals surface area contributed by atoms with E-state index in [-0.39, 0.29) is 22.9 Å². The van der Waals surface area contributed by atoms with Crippen LogP contribution in [-0.4, -0.2) is 42.1 Å². The minimum absolute atomic E-state index is 0.0433. The number of aromatic nitrogens is 2. The monoisotopic (exact) mass is 374 g/mol. The number of sulfone groups is 1. The van der Waals surface area contributed by atoms with Gasteiger partial charge in [-0.3, -0.25) is 4.79 Å². The van der Waals surface area contributed by atoms with E-state index in [1.54, 1.807) is 24.3 Å². The summed E-state index contributed by atoms with van der Waals surface area (Å²) in [4.78, 5) is 12.2. The third-order valence-electron chi connectivity index (χ3n) is 4.51. The van der Waals surface area contributed by atoms with Gasteiger partial charge < -0.3 is 10.6 Å². The fraction of sp³-hybridized carbons (Fsp3) is 0.389. The number of amides is 1. The molecule has 3 rings (SSSR count). The first-order valence-electron chi connectivity index (χ1n) is 8.57. The van der Waals surface area contributed by atoms with Crippen LogP contribution in [0.1, 0.15) is 36.2 Å². The molecule has 1 amide bonds. The maximum atomic E-state index is 12.2. The second-order valence-corrected chi connectivity index (χ2v) is 8.91. The summed E-state index contributed by atoms with van der Waals surface area (Å²) in [6.07, 6.45) is 4.32. The van der Waals surface area contributed by atoms with Gasteiger partial charge in [0, 0.05) is 18.0 Å². The lowest BCUT2D eigenvalue weighted by Crippen LogP contribution is -2.34. The van der Waals surface area contributed by atoms with Gasteiger partial charge in [0.2, 0.25) is 0 Å². The summed E-state index contributed by atoms with van der Waals surface area (Å²) in [6.45, 7) is 0. The number of nitrogens with zero attached hydrogens (tertiary/aromatic N) is 2. The molecule has 8 heteroatoms. The van der Waals surface area contributed by atoms with Crippen molar-refractivity contribution in [3.05, 3.63) is 48.2 Å². The van der Waals surface area contributed by atoms with E-state index in [9.17, 15) is 13.2 Å². The lowest BCUT2D eigenvalue weighted by atomic mass is 9.95. The molecule has 0 radical (unpaired) electrons. The highest BCUT2D eigenvalue weighted by Gasteiger charge is 2.29. The molecule has 1 aromatic heterocycles. The molecule has 1 fully saturated rings. The zero-order chi connectivity index (χ0) is 18.6. The van der Waals surface area contributed by atoms with Gasteiger partial charge in [-0.1, -0.05) is 24.6 Å². The van der Waals surface area contributed by atoms with E-state index < -0.39 is 9.84 Å². The van der Waals surface area contributed by atoms with Crippen molar-refractivity contribution in [3.8, 4) is 0 Å². The predicted molar refractivity (Wildman–Crippen MR) is 101 cm³/mol. The first-order chi connectivity index (χ1) is 12.4. The number of rotatable bonds is 5. The molecule has 1 aromatic carbocycles. The van der Waals surface area contributed by atoms with E-state index >= 15 is 0 Å². The molecule has 2 atom stereocenters. The second-order valence-electron chi connectivity index (χ2n) is 6.58. The number of carbonyl (C=O) groups is 1. The predicted octanol–water partition coefficient (Wildman–Crippen LogP) is 2.50. The molecule has 7 nitrogen and oxygen atoms in total. The summed E-state index contributed by atoms with van der Waals surface area (Å²) in [7, 11) is -3.03. The number of carbonyl (C=O) groups excluding carboxylic acids is 1. The first kappa shape index (κ1) is 18.3. The lowest BCUT2D eigenvalue weighted by Gasteiger charge is -2.28. The molecule has 0 saturated heterocycles. The van der Waals surface area contributed by atoms with Crippen molar-refractivity contribution in [1.29, 1.82) is 0 Å². The van der Waals surface area contributed by atoms with Gasteiger partial charge in [-0.2, -0.15) is 0 Å². The largest absolute Gasteiger partial charge is 0.366 e. The second kappa shape index (κ2) is 7.82. The lowest BCUT2D eigenvalue weighted by molar-refractivity contribution is 0.102. The van der Waals surface area contributed by atoms with Crippen molar-refractivity contribution in [1.82, 2.24) is 10.2 Å². The SMILES string of the molecule is CS(=O)(=O)C1CCCC(Nc2ccc(C(=O)Nc3ccccc3)nn2)C1. The van der Waals surface area contributed by atoms with Gasteiger partial charge in [-0.05, 0) is 43.5 Å². The van der Waals surface area contributed by atoms with Crippen LogP contribution in [0.5, 0.6) is 0 Å². The zero-order valence-electron chi connectivity index (χ0n) is 14.6. The summed E-state index contributed by atoms with van der Waals surface area (Å²) in [5.74, 6) is 0.213. The molecule has 2 unspecified atom stereocenters. The molecule has 0 bridgehead atoms. The standard InChI is InChI=1S/C18H22N4O3S/c1-26(24,25)15-9-5-8-14(12-15)19-17-11-10-16(21-22-17)18(23)20-13-6-3-2-4-7-13/h2-4,6-7,10-11,14-15H,5,8-9,12H2,1H3,(H,19,22)(H,20,23). The molecule has 2 N–H and O–H groups in total. The Balaban J connectivity index is 1.60. The Hall–Kier alpha value is -2.48. The zero-order valence-corrected chi connectivity index (χ0v) is 15.4. The summed E-state index contributed by atoms with van der Waals surface area (Å²) in [5.41, 5.74) is 0.910. The average Bonchev–Trinajstić information content (AvgIpc) is 2.63. The topological polar surface area (TPSA) is 101 Å². The van der Waals surface area contributed by atoms with E-state index in [4.69, 9.17) is 0 Å². The Kier molecular flexibility index (Phi) is 5.51. The Morgan fingerprint density at radius 3 is 2.50 bits per heavy atom. The van der Waals surface area contributed by atoms with Gasteiger partial charge in [-0.15, -0.1) is 10.2 Å². The summed E-state index contributed by atoms with van der Waals surface area (Å²) < 4.78 is 23.5. The van der Waals surface area contributed by atoms with Crippen LogP contribution in [0.15, 0.2) is 42.5 Å². The number of nitrogens with one attached hydrogen (secondary N) is 2. The highest BCUT2D eigenvalue weighted by Crippen LogP contribution is 2.25. The van der Waals surface area contributed by atoms with Crippen LogP contribution in [-0.2, 0) is 9.84 Å². The normalized spacial score (nSPS) is 20.3. The minimum Gasteiger partial charge on any atom is -0.366 e. The van der Waals surface area contributed by atoms with Crippen LogP contribution >= 0.6 is 0 Å². The number of benzene rings is 1. The van der Waals surface area contributed by atoms with E-state index in [2.05, 4.69) is 20.8 Å². The highest BCUT2D eigenvalue weighted by molar-refractivity contribution is 7.91.